The van der Waals surface area contributed by atoms with Crippen LogP contribution in [-0.4, -0.2) is 63.1 Å². The van der Waals surface area contributed by atoms with Crippen LogP contribution < -0.4 is 10.6 Å². The lowest BCUT2D eigenvalue weighted by atomic mass is 9.87. The summed E-state index contributed by atoms with van der Waals surface area (Å²) in [5.74, 6) is 1.15. The van der Waals surface area contributed by atoms with Crippen molar-refractivity contribution in [3.63, 3.8) is 0 Å². The van der Waals surface area contributed by atoms with Crippen LogP contribution in [0.15, 0.2) is 24.4 Å². The number of carbonyl (C=O) groups excluding carboxylic acids is 2. The molecule has 0 aliphatic carbocycles. The van der Waals surface area contributed by atoms with Crippen LogP contribution in [0.3, 0.4) is 0 Å². The summed E-state index contributed by atoms with van der Waals surface area (Å²) in [6, 6.07) is 6.02. The van der Waals surface area contributed by atoms with Crippen LogP contribution in [-0.2, 0) is 10.4 Å². The van der Waals surface area contributed by atoms with Gasteiger partial charge in [-0.2, -0.15) is 11.8 Å². The number of amides is 3. The molecular formula is C20H28N4O3S. The van der Waals surface area contributed by atoms with Gasteiger partial charge in [0.1, 0.15) is 5.60 Å². The van der Waals surface area contributed by atoms with E-state index in [1.54, 1.807) is 6.20 Å². The van der Waals surface area contributed by atoms with E-state index >= 15 is 0 Å². The Bertz CT molecular complexity index is 709. The zero-order valence-electron chi connectivity index (χ0n) is 16.0. The van der Waals surface area contributed by atoms with Crippen LogP contribution in [0.1, 0.15) is 44.2 Å². The quantitative estimate of drug-likeness (QED) is 0.495. The van der Waals surface area contributed by atoms with Crippen molar-refractivity contribution < 1.29 is 14.7 Å². The molecule has 0 aromatic carbocycles. The Morgan fingerprint density at radius 1 is 1.29 bits per heavy atom. The molecule has 0 spiro atoms. The van der Waals surface area contributed by atoms with E-state index in [2.05, 4.69) is 15.6 Å². The molecule has 0 saturated carbocycles. The minimum atomic E-state index is -0.923. The number of fused-ring (bicyclic) bond motifs is 1. The number of urea groups is 1. The molecule has 4 heterocycles. The topological polar surface area (TPSA) is 94.6 Å². The fourth-order valence-corrected chi connectivity index (χ4v) is 5.99. The molecule has 1 aromatic heterocycles. The van der Waals surface area contributed by atoms with Crippen molar-refractivity contribution in [1.82, 2.24) is 20.5 Å². The number of piperidine rings is 1. The zero-order chi connectivity index (χ0) is 19.6. The van der Waals surface area contributed by atoms with Crippen molar-refractivity contribution in [2.45, 2.75) is 61.5 Å². The highest BCUT2D eigenvalue weighted by Gasteiger charge is 2.42. The third kappa shape index (κ3) is 4.12. The number of hydrogen-bond donors (Lipinski definition) is 3. The largest absolute Gasteiger partial charge is 0.383 e. The predicted octanol–water partition coefficient (Wildman–Crippen LogP) is 1.62. The number of unbranched alkanes of at least 4 members (excludes halogenated alkanes) is 1. The van der Waals surface area contributed by atoms with Crippen LogP contribution in [0, 0.1) is 0 Å². The van der Waals surface area contributed by atoms with Crippen LogP contribution >= 0.6 is 11.8 Å². The molecule has 0 bridgehead atoms. The average Bonchev–Trinajstić information content (AvgIpc) is 3.26. The van der Waals surface area contributed by atoms with Gasteiger partial charge in [-0.15, -0.1) is 0 Å². The average molecular weight is 405 g/mol. The molecule has 1 aromatic rings. The van der Waals surface area contributed by atoms with Gasteiger partial charge in [-0.1, -0.05) is 12.5 Å². The Labute approximate surface area is 169 Å². The van der Waals surface area contributed by atoms with Gasteiger partial charge in [-0.25, -0.2) is 4.79 Å². The van der Waals surface area contributed by atoms with Crippen LogP contribution in [0.2, 0.25) is 0 Å². The van der Waals surface area contributed by atoms with Crippen molar-refractivity contribution in [2.75, 3.05) is 18.8 Å². The first kappa shape index (κ1) is 19.5. The van der Waals surface area contributed by atoms with Crippen molar-refractivity contribution in [1.29, 1.82) is 0 Å². The maximum Gasteiger partial charge on any atom is 0.315 e. The summed E-state index contributed by atoms with van der Waals surface area (Å²) in [6.07, 6.45) is 6.21. The molecule has 8 heteroatoms. The highest BCUT2D eigenvalue weighted by atomic mass is 32.2. The lowest BCUT2D eigenvalue weighted by molar-refractivity contribution is -0.136. The first-order valence-corrected chi connectivity index (χ1v) is 11.2. The number of nitrogens with one attached hydrogen (secondary N) is 2. The smallest absolute Gasteiger partial charge is 0.315 e. The summed E-state index contributed by atoms with van der Waals surface area (Å²) >= 11 is 1.91. The third-order valence-corrected chi connectivity index (χ3v) is 7.66. The fraction of sp³-hybridized carbons (Fsp3) is 0.650. The lowest BCUT2D eigenvalue weighted by Gasteiger charge is -2.37. The SMILES string of the molecule is O=C1N[C@H]2[C@H](CS[C@H]2CCCCC(=O)N2CCC(O)(c3ccccn3)CC2)N1. The van der Waals surface area contributed by atoms with Gasteiger partial charge in [0, 0.05) is 36.7 Å². The number of nitrogens with zero attached hydrogens (tertiary/aromatic N) is 2. The van der Waals surface area contributed by atoms with Gasteiger partial charge in [0.25, 0.3) is 0 Å². The maximum atomic E-state index is 12.5. The van der Waals surface area contributed by atoms with E-state index in [1.165, 1.54) is 0 Å². The highest BCUT2D eigenvalue weighted by Crippen LogP contribution is 2.34. The second-order valence-electron chi connectivity index (χ2n) is 7.99. The van der Waals surface area contributed by atoms with E-state index in [-0.39, 0.29) is 24.0 Å². The van der Waals surface area contributed by atoms with Crippen molar-refractivity contribution >= 4 is 23.7 Å². The van der Waals surface area contributed by atoms with Gasteiger partial charge in [0.15, 0.2) is 0 Å². The number of aliphatic hydroxyl groups is 1. The Hall–Kier alpha value is -1.80. The van der Waals surface area contributed by atoms with Gasteiger partial charge >= 0.3 is 6.03 Å². The second kappa shape index (κ2) is 8.29. The summed E-state index contributed by atoms with van der Waals surface area (Å²) in [5, 5.41) is 17.3. The number of aromatic nitrogens is 1. The molecule has 4 rings (SSSR count). The number of pyridine rings is 1. The standard InChI is InChI=1S/C20H28N4O3S/c25-17(7-2-1-5-15-18-14(13-28-15)22-19(26)23-18)24-11-8-20(27,9-12-24)16-6-3-4-10-21-16/h3-4,6,10,14-15,18,27H,1-2,5,7-9,11-13H2,(H2,22,23,26)/t14-,15-,18-/m0/s1. The molecule has 3 atom stereocenters. The first-order valence-electron chi connectivity index (χ1n) is 10.2. The molecule has 7 nitrogen and oxygen atoms in total. The fourth-order valence-electron chi connectivity index (χ4n) is 4.44. The van der Waals surface area contributed by atoms with Crippen molar-refractivity contribution in [3.05, 3.63) is 30.1 Å². The van der Waals surface area contributed by atoms with Crippen LogP contribution in [0.4, 0.5) is 4.79 Å². The van der Waals surface area contributed by atoms with E-state index in [1.807, 2.05) is 34.9 Å². The highest BCUT2D eigenvalue weighted by molar-refractivity contribution is 8.00. The monoisotopic (exact) mass is 404 g/mol. The van der Waals surface area contributed by atoms with Crippen molar-refractivity contribution in [3.8, 4) is 0 Å². The Morgan fingerprint density at radius 2 is 2.11 bits per heavy atom. The Morgan fingerprint density at radius 3 is 2.86 bits per heavy atom. The Kier molecular flexibility index (Phi) is 5.78. The number of likely N-dealkylation sites (tertiary alicyclic amines) is 1. The van der Waals surface area contributed by atoms with E-state index in [4.69, 9.17) is 0 Å². The number of hydrogen-bond acceptors (Lipinski definition) is 5. The molecule has 3 amide bonds. The minimum Gasteiger partial charge on any atom is -0.383 e. The third-order valence-electron chi connectivity index (χ3n) is 6.15. The van der Waals surface area contributed by atoms with E-state index in [0.29, 0.717) is 43.3 Å². The van der Waals surface area contributed by atoms with Crippen molar-refractivity contribution in [2.24, 2.45) is 0 Å². The molecule has 0 unspecified atom stereocenters. The van der Waals surface area contributed by atoms with Crippen LogP contribution in [0.25, 0.3) is 0 Å². The normalized spacial score (nSPS) is 28.5. The lowest BCUT2D eigenvalue weighted by Crippen LogP contribution is -2.45. The summed E-state index contributed by atoms with van der Waals surface area (Å²) in [5.41, 5.74) is -0.225. The molecule has 3 saturated heterocycles. The number of thioether (sulfide) groups is 1. The molecule has 152 valence electrons. The van der Waals surface area contributed by atoms with Gasteiger partial charge < -0.3 is 20.6 Å². The summed E-state index contributed by atoms with van der Waals surface area (Å²) in [7, 11) is 0. The predicted molar refractivity (Wildman–Crippen MR) is 108 cm³/mol. The van der Waals surface area contributed by atoms with Gasteiger partial charge in [-0.05, 0) is 37.8 Å². The van der Waals surface area contributed by atoms with Gasteiger partial charge in [-0.3, -0.25) is 9.78 Å². The van der Waals surface area contributed by atoms with Gasteiger partial charge in [0.05, 0.1) is 17.8 Å². The number of rotatable bonds is 6. The van der Waals surface area contributed by atoms with Crippen LogP contribution in [0.5, 0.6) is 0 Å². The molecule has 3 aliphatic heterocycles. The summed E-state index contributed by atoms with van der Waals surface area (Å²) in [6.45, 7) is 1.15. The number of carbonyl (C=O) groups is 2. The zero-order valence-corrected chi connectivity index (χ0v) is 16.8. The van der Waals surface area contributed by atoms with E-state index in [0.717, 1.165) is 25.0 Å². The molecule has 3 aliphatic rings. The molecule has 28 heavy (non-hydrogen) atoms. The maximum absolute atomic E-state index is 12.5. The minimum absolute atomic E-state index is 0.0498. The summed E-state index contributed by atoms with van der Waals surface area (Å²) < 4.78 is 0. The molecule has 0 radical (unpaired) electrons. The molecular weight excluding hydrogens is 376 g/mol. The molecule has 3 N–H and O–H groups in total. The summed E-state index contributed by atoms with van der Waals surface area (Å²) in [4.78, 5) is 30.1. The van der Waals surface area contributed by atoms with Gasteiger partial charge in [0.2, 0.25) is 5.91 Å². The first-order chi connectivity index (χ1) is 13.5. The molecule has 3 fully saturated rings. The van der Waals surface area contributed by atoms with E-state index in [9.17, 15) is 14.7 Å². The second-order valence-corrected chi connectivity index (χ2v) is 9.27. The Balaban J connectivity index is 1.17. The van der Waals surface area contributed by atoms with E-state index < -0.39 is 5.60 Å².